The van der Waals surface area contributed by atoms with Gasteiger partial charge in [-0.05, 0) is 20.8 Å². The lowest BCUT2D eigenvalue weighted by atomic mass is 10.3. The Bertz CT molecular complexity index is 484. The minimum Gasteiger partial charge on any atom is -0.396 e. The Hall–Kier alpha value is -1.36. The number of hydrogen-bond acceptors (Lipinski definition) is 4. The molecule has 5 heteroatoms. The molecule has 0 aliphatic rings. The van der Waals surface area contributed by atoms with Gasteiger partial charge in [0.25, 0.3) is 0 Å². The first-order valence-electron chi connectivity index (χ1n) is 4.78. The Morgan fingerprint density at radius 2 is 2.13 bits per heavy atom. The van der Waals surface area contributed by atoms with Gasteiger partial charge < -0.3 is 5.73 Å². The summed E-state index contributed by atoms with van der Waals surface area (Å²) in [7, 11) is 0. The molecule has 0 radical (unpaired) electrons. The third kappa shape index (κ3) is 1.87. The van der Waals surface area contributed by atoms with Crippen LogP contribution in [0.5, 0.6) is 0 Å². The number of thiazole rings is 1. The fourth-order valence-electron chi connectivity index (χ4n) is 1.49. The highest BCUT2D eigenvalue weighted by atomic mass is 32.1. The molecule has 2 heterocycles. The molecule has 0 spiro atoms. The summed E-state index contributed by atoms with van der Waals surface area (Å²) in [6.45, 7) is 6.68. The third-order valence-electron chi connectivity index (χ3n) is 2.41. The van der Waals surface area contributed by atoms with Crippen LogP contribution in [0.4, 0.5) is 5.69 Å². The summed E-state index contributed by atoms with van der Waals surface area (Å²) in [5.41, 5.74) is 8.58. The summed E-state index contributed by atoms with van der Waals surface area (Å²) in [6.07, 6.45) is 1.90. The predicted molar refractivity (Wildman–Crippen MR) is 62.1 cm³/mol. The van der Waals surface area contributed by atoms with E-state index in [-0.39, 0.29) is 0 Å². The molecular formula is C10H14N4S. The summed E-state index contributed by atoms with van der Waals surface area (Å²) in [6, 6.07) is 0. The largest absolute Gasteiger partial charge is 0.396 e. The van der Waals surface area contributed by atoms with Crippen LogP contribution in [0, 0.1) is 20.8 Å². The molecule has 0 amide bonds. The number of rotatable bonds is 2. The number of nitrogens with zero attached hydrogens (tertiary/aromatic N) is 3. The molecule has 0 bridgehead atoms. The van der Waals surface area contributed by atoms with Gasteiger partial charge in [-0.3, -0.25) is 4.68 Å². The number of nitrogen functional groups attached to an aromatic ring is 1. The zero-order chi connectivity index (χ0) is 11.0. The first kappa shape index (κ1) is 10.2. The summed E-state index contributed by atoms with van der Waals surface area (Å²) < 4.78 is 1.93. The topological polar surface area (TPSA) is 56.7 Å². The number of aromatic nitrogens is 3. The predicted octanol–water partition coefficient (Wildman–Crippen LogP) is 1.90. The van der Waals surface area contributed by atoms with E-state index in [1.807, 2.05) is 31.6 Å². The molecule has 15 heavy (non-hydrogen) atoms. The van der Waals surface area contributed by atoms with Gasteiger partial charge in [-0.25, -0.2) is 4.98 Å². The van der Waals surface area contributed by atoms with E-state index in [0.717, 1.165) is 28.6 Å². The van der Waals surface area contributed by atoms with Crippen molar-refractivity contribution in [2.45, 2.75) is 27.3 Å². The lowest BCUT2D eigenvalue weighted by Crippen LogP contribution is -2.02. The van der Waals surface area contributed by atoms with E-state index in [4.69, 9.17) is 5.73 Å². The van der Waals surface area contributed by atoms with Crippen LogP contribution in [0.2, 0.25) is 0 Å². The highest BCUT2D eigenvalue weighted by Crippen LogP contribution is 2.18. The molecule has 0 aliphatic heterocycles. The van der Waals surface area contributed by atoms with Crippen molar-refractivity contribution in [3.63, 3.8) is 0 Å². The van der Waals surface area contributed by atoms with Crippen LogP contribution in [0.1, 0.15) is 21.3 Å². The summed E-state index contributed by atoms with van der Waals surface area (Å²) in [5, 5.41) is 5.47. The van der Waals surface area contributed by atoms with Gasteiger partial charge in [-0.1, -0.05) is 0 Å². The summed E-state index contributed by atoms with van der Waals surface area (Å²) in [4.78, 5) is 5.42. The second-order valence-corrected chi connectivity index (χ2v) is 4.91. The molecule has 0 saturated carbocycles. The van der Waals surface area contributed by atoms with Crippen LogP contribution in [-0.2, 0) is 6.54 Å². The van der Waals surface area contributed by atoms with Crippen LogP contribution in [0.15, 0.2) is 6.20 Å². The maximum Gasteiger partial charge on any atom is 0.0897 e. The Kier molecular flexibility index (Phi) is 2.48. The Labute approximate surface area is 92.8 Å². The molecule has 0 aromatic carbocycles. The molecule has 2 N–H and O–H groups in total. The average molecular weight is 222 g/mol. The number of aryl methyl sites for hydroxylation is 2. The van der Waals surface area contributed by atoms with E-state index in [2.05, 4.69) is 10.1 Å². The van der Waals surface area contributed by atoms with E-state index >= 15 is 0 Å². The Morgan fingerprint density at radius 1 is 1.40 bits per heavy atom. The van der Waals surface area contributed by atoms with E-state index < -0.39 is 0 Å². The monoisotopic (exact) mass is 222 g/mol. The summed E-state index contributed by atoms with van der Waals surface area (Å²) >= 11 is 1.69. The number of hydrogen-bond donors (Lipinski definition) is 1. The lowest BCUT2D eigenvalue weighted by molar-refractivity contribution is 0.665. The van der Waals surface area contributed by atoms with Gasteiger partial charge in [0.2, 0.25) is 0 Å². The molecule has 2 aromatic heterocycles. The van der Waals surface area contributed by atoms with Crippen molar-refractivity contribution >= 4 is 17.0 Å². The molecule has 0 fully saturated rings. The minimum absolute atomic E-state index is 0.759. The van der Waals surface area contributed by atoms with Crippen molar-refractivity contribution in [1.29, 1.82) is 0 Å². The van der Waals surface area contributed by atoms with E-state index in [0.29, 0.717) is 0 Å². The van der Waals surface area contributed by atoms with E-state index in [1.54, 1.807) is 11.3 Å². The van der Waals surface area contributed by atoms with Crippen LogP contribution < -0.4 is 5.73 Å². The highest BCUT2D eigenvalue weighted by Gasteiger charge is 2.09. The van der Waals surface area contributed by atoms with Gasteiger partial charge >= 0.3 is 0 Å². The first-order chi connectivity index (χ1) is 7.08. The van der Waals surface area contributed by atoms with Crippen molar-refractivity contribution in [3.8, 4) is 0 Å². The molecule has 0 atom stereocenters. The molecule has 4 nitrogen and oxygen atoms in total. The van der Waals surface area contributed by atoms with Gasteiger partial charge in [0.1, 0.15) is 0 Å². The fourth-order valence-corrected chi connectivity index (χ4v) is 2.27. The smallest absolute Gasteiger partial charge is 0.0897 e. The zero-order valence-corrected chi connectivity index (χ0v) is 9.93. The van der Waals surface area contributed by atoms with Gasteiger partial charge in [-0.2, -0.15) is 5.10 Å². The van der Waals surface area contributed by atoms with Crippen molar-refractivity contribution in [1.82, 2.24) is 14.8 Å². The van der Waals surface area contributed by atoms with Crippen molar-refractivity contribution in [2.75, 3.05) is 5.73 Å². The van der Waals surface area contributed by atoms with Gasteiger partial charge in [-0.15, -0.1) is 11.3 Å². The summed E-state index contributed by atoms with van der Waals surface area (Å²) in [5.74, 6) is 0. The molecule has 2 rings (SSSR count). The lowest BCUT2D eigenvalue weighted by Gasteiger charge is -2.00. The molecule has 2 aromatic rings. The van der Waals surface area contributed by atoms with E-state index in [1.165, 1.54) is 4.88 Å². The van der Waals surface area contributed by atoms with E-state index in [9.17, 15) is 0 Å². The van der Waals surface area contributed by atoms with Crippen molar-refractivity contribution in [3.05, 3.63) is 27.5 Å². The Balaban J connectivity index is 2.28. The van der Waals surface area contributed by atoms with Gasteiger partial charge in [0, 0.05) is 11.1 Å². The quantitative estimate of drug-likeness (QED) is 0.844. The fraction of sp³-hybridized carbons (Fsp3) is 0.400. The van der Waals surface area contributed by atoms with Gasteiger partial charge in [0.15, 0.2) is 0 Å². The molecular weight excluding hydrogens is 208 g/mol. The second kappa shape index (κ2) is 3.66. The van der Waals surface area contributed by atoms with Crippen molar-refractivity contribution in [2.24, 2.45) is 0 Å². The number of nitrogens with two attached hydrogens (primary N) is 1. The second-order valence-electron chi connectivity index (χ2n) is 3.59. The SMILES string of the molecule is Cc1ncc(Cn2nc(C)c(N)c2C)s1. The van der Waals surface area contributed by atoms with Crippen LogP contribution in [0.3, 0.4) is 0 Å². The standard InChI is InChI=1S/C10H14N4S/c1-6-10(11)7(2)14(13-6)5-9-4-12-8(3)15-9/h4H,5,11H2,1-3H3. The van der Waals surface area contributed by atoms with Crippen LogP contribution >= 0.6 is 11.3 Å². The molecule has 80 valence electrons. The molecule has 0 saturated heterocycles. The molecule has 0 aliphatic carbocycles. The van der Waals surface area contributed by atoms with Gasteiger partial charge in [0.05, 0.1) is 28.6 Å². The minimum atomic E-state index is 0.759. The third-order valence-corrected chi connectivity index (χ3v) is 3.31. The van der Waals surface area contributed by atoms with Crippen LogP contribution in [0.25, 0.3) is 0 Å². The Morgan fingerprint density at radius 3 is 2.60 bits per heavy atom. The molecule has 0 unspecified atom stereocenters. The van der Waals surface area contributed by atoms with Crippen molar-refractivity contribution < 1.29 is 0 Å². The maximum absolute atomic E-state index is 5.87. The highest BCUT2D eigenvalue weighted by molar-refractivity contribution is 7.11. The normalized spacial score (nSPS) is 10.9. The maximum atomic E-state index is 5.87. The van der Waals surface area contributed by atoms with Crippen LogP contribution in [-0.4, -0.2) is 14.8 Å². The average Bonchev–Trinajstić information content (AvgIpc) is 2.68. The number of anilines is 1. The first-order valence-corrected chi connectivity index (χ1v) is 5.60. The zero-order valence-electron chi connectivity index (χ0n) is 9.11.